The number of nitrogens with zero attached hydrogens (tertiary/aromatic N) is 2. The van der Waals surface area contributed by atoms with Gasteiger partial charge in [-0.2, -0.15) is 0 Å². The number of rotatable bonds is 5. The van der Waals surface area contributed by atoms with Crippen LogP contribution >= 0.6 is 11.6 Å². The Bertz CT molecular complexity index is 810. The Hall–Kier alpha value is -2.79. The number of anilines is 1. The third kappa shape index (κ3) is 4.24. The highest BCUT2D eigenvalue weighted by molar-refractivity contribution is 6.30. The number of carbonyl (C=O) groups excluding carboxylic acids is 2. The zero-order valence-electron chi connectivity index (χ0n) is 14.8. The number of para-hydroxylation sites is 1. The minimum atomic E-state index is -0.544. The van der Waals surface area contributed by atoms with Gasteiger partial charge in [0.25, 0.3) is 11.8 Å². The van der Waals surface area contributed by atoms with Crippen LogP contribution in [0.3, 0.4) is 0 Å². The van der Waals surface area contributed by atoms with E-state index in [1.165, 1.54) is 9.80 Å². The van der Waals surface area contributed by atoms with Gasteiger partial charge in [-0.05, 0) is 31.2 Å². The van der Waals surface area contributed by atoms with E-state index in [1.807, 2.05) is 25.1 Å². The Kier molecular flexibility index (Phi) is 6.41. The second kappa shape index (κ2) is 8.54. The van der Waals surface area contributed by atoms with Gasteiger partial charge in [0.05, 0.1) is 0 Å². The van der Waals surface area contributed by atoms with Gasteiger partial charge in [-0.3, -0.25) is 9.59 Å². The number of benzene rings is 1. The van der Waals surface area contributed by atoms with Crippen molar-refractivity contribution in [1.82, 2.24) is 4.90 Å². The van der Waals surface area contributed by atoms with E-state index in [-0.39, 0.29) is 17.8 Å². The molecule has 0 unspecified atom stereocenters. The van der Waals surface area contributed by atoms with Crippen LogP contribution in [0.25, 0.3) is 0 Å². The summed E-state index contributed by atoms with van der Waals surface area (Å²) in [5.41, 5.74) is 1.02. The molecular formula is C20H21ClN2O3. The minimum absolute atomic E-state index is 0.0781. The van der Waals surface area contributed by atoms with Gasteiger partial charge in [-0.15, -0.1) is 0 Å². The van der Waals surface area contributed by atoms with E-state index in [0.29, 0.717) is 23.0 Å². The number of hydrogen-bond donors (Lipinski definition) is 1. The molecule has 0 bridgehead atoms. The number of hydrogen-bond acceptors (Lipinski definition) is 3. The molecule has 0 spiro atoms. The standard InChI is InChI=1S/C20H21ClN2O3/c1-4-23(15-10-6-5-7-11-15)20(26)18-17(24)13-16(22(3)19(18)25)12-8-9-14(2)21/h5-12,24H,2,4,13H2,1,3H3/b9-8-,16-12+. The summed E-state index contributed by atoms with van der Waals surface area (Å²) < 4.78 is 0. The average molecular weight is 373 g/mol. The second-order valence-electron chi connectivity index (χ2n) is 5.71. The summed E-state index contributed by atoms with van der Waals surface area (Å²) in [6, 6.07) is 9.03. The fourth-order valence-corrected chi connectivity index (χ4v) is 2.71. The largest absolute Gasteiger partial charge is 0.511 e. The summed E-state index contributed by atoms with van der Waals surface area (Å²) in [6.45, 7) is 5.73. The fraction of sp³-hybridized carbons (Fsp3) is 0.200. The molecule has 1 aromatic carbocycles. The summed E-state index contributed by atoms with van der Waals surface area (Å²) >= 11 is 5.66. The number of allylic oxidation sites excluding steroid dienone is 4. The van der Waals surface area contributed by atoms with E-state index in [0.717, 1.165) is 0 Å². The van der Waals surface area contributed by atoms with Crippen LogP contribution in [0.4, 0.5) is 5.69 Å². The van der Waals surface area contributed by atoms with Gasteiger partial charge in [-0.1, -0.05) is 42.5 Å². The van der Waals surface area contributed by atoms with E-state index >= 15 is 0 Å². The fourth-order valence-electron chi connectivity index (χ4n) is 2.64. The van der Waals surface area contributed by atoms with Gasteiger partial charge in [-0.25, -0.2) is 0 Å². The highest BCUT2D eigenvalue weighted by atomic mass is 35.5. The molecule has 0 fully saturated rings. The van der Waals surface area contributed by atoms with Crippen LogP contribution in [0.15, 0.2) is 77.2 Å². The summed E-state index contributed by atoms with van der Waals surface area (Å²) in [4.78, 5) is 28.4. The highest BCUT2D eigenvalue weighted by Gasteiger charge is 2.35. The maximum absolute atomic E-state index is 12.9. The summed E-state index contributed by atoms with van der Waals surface area (Å²) in [6.07, 6.45) is 4.94. The van der Waals surface area contributed by atoms with Crippen LogP contribution in [0.2, 0.25) is 0 Å². The van der Waals surface area contributed by atoms with Crippen molar-refractivity contribution in [3.8, 4) is 0 Å². The Morgan fingerprint density at radius 2 is 2.04 bits per heavy atom. The molecule has 1 heterocycles. The number of carbonyl (C=O) groups is 2. The smallest absolute Gasteiger partial charge is 0.267 e. The van der Waals surface area contributed by atoms with E-state index < -0.39 is 11.8 Å². The molecule has 1 aliphatic heterocycles. The summed E-state index contributed by atoms with van der Waals surface area (Å²) in [5.74, 6) is -1.30. The topological polar surface area (TPSA) is 60.9 Å². The number of halogens is 1. The van der Waals surface area contributed by atoms with Crippen LogP contribution in [-0.4, -0.2) is 35.4 Å². The lowest BCUT2D eigenvalue weighted by molar-refractivity contribution is -0.128. The monoisotopic (exact) mass is 372 g/mol. The van der Waals surface area contributed by atoms with Crippen LogP contribution in [-0.2, 0) is 9.59 Å². The lowest BCUT2D eigenvalue weighted by Gasteiger charge is -2.30. The molecule has 0 radical (unpaired) electrons. The van der Waals surface area contributed by atoms with Gasteiger partial charge in [0.15, 0.2) is 0 Å². The Morgan fingerprint density at radius 1 is 1.38 bits per heavy atom. The first kappa shape index (κ1) is 19.5. The van der Waals surface area contributed by atoms with Crippen molar-refractivity contribution >= 4 is 29.1 Å². The SMILES string of the molecule is C=C(Cl)/C=C\C=C1/CC(O)=C(C(=O)N(CC)c2ccccc2)C(=O)N1C. The number of aliphatic hydroxyl groups is 1. The Morgan fingerprint density at radius 3 is 2.62 bits per heavy atom. The predicted molar refractivity (Wildman–Crippen MR) is 104 cm³/mol. The summed E-state index contributed by atoms with van der Waals surface area (Å²) in [7, 11) is 1.57. The molecule has 0 saturated carbocycles. The minimum Gasteiger partial charge on any atom is -0.511 e. The average Bonchev–Trinajstić information content (AvgIpc) is 2.60. The molecule has 1 aromatic rings. The molecule has 5 nitrogen and oxygen atoms in total. The molecule has 136 valence electrons. The van der Waals surface area contributed by atoms with Crippen molar-refractivity contribution in [1.29, 1.82) is 0 Å². The molecule has 1 N–H and O–H groups in total. The first-order valence-electron chi connectivity index (χ1n) is 8.15. The normalized spacial score (nSPS) is 16.5. The van der Waals surface area contributed by atoms with E-state index in [2.05, 4.69) is 6.58 Å². The van der Waals surface area contributed by atoms with Crippen molar-refractivity contribution in [3.05, 3.63) is 77.2 Å². The molecule has 1 aliphatic rings. The molecule has 26 heavy (non-hydrogen) atoms. The lowest BCUT2D eigenvalue weighted by Crippen LogP contribution is -2.41. The third-order valence-corrected chi connectivity index (χ3v) is 4.12. The first-order chi connectivity index (χ1) is 12.4. The van der Waals surface area contributed by atoms with E-state index in [1.54, 1.807) is 37.4 Å². The second-order valence-corrected chi connectivity index (χ2v) is 6.20. The van der Waals surface area contributed by atoms with Gasteiger partial charge in [0, 0.05) is 36.4 Å². The van der Waals surface area contributed by atoms with Crippen LogP contribution in [0, 0.1) is 0 Å². The first-order valence-corrected chi connectivity index (χ1v) is 8.53. The van der Waals surface area contributed by atoms with Crippen LogP contribution in [0.5, 0.6) is 0 Å². The Balaban J connectivity index is 2.35. The van der Waals surface area contributed by atoms with Gasteiger partial charge >= 0.3 is 0 Å². The van der Waals surface area contributed by atoms with E-state index in [4.69, 9.17) is 11.6 Å². The highest BCUT2D eigenvalue weighted by Crippen LogP contribution is 2.27. The van der Waals surface area contributed by atoms with E-state index in [9.17, 15) is 14.7 Å². The van der Waals surface area contributed by atoms with Crippen molar-refractivity contribution in [2.75, 3.05) is 18.5 Å². The van der Waals surface area contributed by atoms with Crippen molar-refractivity contribution in [2.45, 2.75) is 13.3 Å². The van der Waals surface area contributed by atoms with Crippen molar-refractivity contribution in [2.24, 2.45) is 0 Å². The third-order valence-electron chi connectivity index (χ3n) is 4.00. The van der Waals surface area contributed by atoms with Gasteiger partial charge in [0.2, 0.25) is 0 Å². The maximum Gasteiger partial charge on any atom is 0.267 e. The number of amides is 2. The van der Waals surface area contributed by atoms with Gasteiger partial charge < -0.3 is 14.9 Å². The molecule has 2 amide bonds. The molecular weight excluding hydrogens is 352 g/mol. The zero-order valence-corrected chi connectivity index (χ0v) is 15.5. The molecule has 0 atom stereocenters. The van der Waals surface area contributed by atoms with Crippen LogP contribution < -0.4 is 4.90 Å². The van der Waals surface area contributed by atoms with Crippen molar-refractivity contribution < 1.29 is 14.7 Å². The summed E-state index contributed by atoms with van der Waals surface area (Å²) in [5, 5.41) is 10.7. The number of aliphatic hydroxyl groups excluding tert-OH is 1. The zero-order chi connectivity index (χ0) is 19.3. The molecule has 6 heteroatoms. The van der Waals surface area contributed by atoms with Gasteiger partial charge in [0.1, 0.15) is 11.3 Å². The van der Waals surface area contributed by atoms with Crippen LogP contribution in [0.1, 0.15) is 13.3 Å². The molecule has 0 saturated heterocycles. The quantitative estimate of drug-likeness (QED) is 0.629. The predicted octanol–water partition coefficient (Wildman–Crippen LogP) is 3.91. The van der Waals surface area contributed by atoms with Crippen molar-refractivity contribution in [3.63, 3.8) is 0 Å². The lowest BCUT2D eigenvalue weighted by atomic mass is 10.0. The number of likely N-dealkylation sites (N-methyl/N-ethyl adjacent to an activating group) is 2. The Labute approximate surface area is 158 Å². The maximum atomic E-state index is 12.9. The molecule has 0 aromatic heterocycles. The molecule has 2 rings (SSSR count). The molecule has 0 aliphatic carbocycles.